The fourth-order valence-corrected chi connectivity index (χ4v) is 5.62. The molecule has 28 heavy (non-hydrogen) atoms. The minimum absolute atomic E-state index is 0.0255. The van der Waals surface area contributed by atoms with Crippen LogP contribution in [0.3, 0.4) is 0 Å². The highest BCUT2D eigenvalue weighted by Crippen LogP contribution is 2.23. The van der Waals surface area contributed by atoms with Gasteiger partial charge in [0.25, 0.3) is 5.91 Å². The summed E-state index contributed by atoms with van der Waals surface area (Å²) in [4.78, 5) is 26.2. The van der Waals surface area contributed by atoms with Gasteiger partial charge in [-0.2, -0.15) is 0 Å². The molecule has 1 aromatic rings. The van der Waals surface area contributed by atoms with Gasteiger partial charge in [0.1, 0.15) is 0 Å². The lowest BCUT2D eigenvalue weighted by Gasteiger charge is -2.22. The van der Waals surface area contributed by atoms with Crippen LogP contribution in [-0.2, 0) is 24.2 Å². The Morgan fingerprint density at radius 2 is 1.75 bits per heavy atom. The zero-order valence-corrected chi connectivity index (χ0v) is 16.9. The largest absolute Gasteiger partial charge is 0.456 e. The van der Waals surface area contributed by atoms with Crippen molar-refractivity contribution in [1.82, 2.24) is 0 Å². The molecule has 8 heteroatoms. The van der Waals surface area contributed by atoms with Gasteiger partial charge in [0.15, 0.2) is 16.4 Å². The molecule has 154 valence electrons. The number of amides is 1. The Morgan fingerprint density at radius 3 is 2.36 bits per heavy atom. The van der Waals surface area contributed by atoms with Crippen molar-refractivity contribution in [3.8, 4) is 0 Å². The summed E-state index contributed by atoms with van der Waals surface area (Å²) >= 11 is 0. The van der Waals surface area contributed by atoms with E-state index >= 15 is 0 Å². The van der Waals surface area contributed by atoms with Crippen molar-refractivity contribution in [2.24, 2.45) is 5.92 Å². The number of nitrogens with zero attached hydrogens (tertiary/aromatic N) is 1. The van der Waals surface area contributed by atoms with Crippen molar-refractivity contribution >= 4 is 33.1 Å². The number of hydrogen-bond donors (Lipinski definition) is 1. The Morgan fingerprint density at radius 1 is 1.07 bits per heavy atom. The van der Waals surface area contributed by atoms with E-state index in [2.05, 4.69) is 10.2 Å². The lowest BCUT2D eigenvalue weighted by Crippen LogP contribution is -2.24. The Bertz CT molecular complexity index is 783. The first-order valence-corrected chi connectivity index (χ1v) is 11.7. The Hall–Kier alpha value is -2.09. The van der Waals surface area contributed by atoms with Crippen LogP contribution >= 0.6 is 0 Å². The van der Waals surface area contributed by atoms with Crippen molar-refractivity contribution in [2.75, 3.05) is 41.4 Å². The molecule has 0 bridgehead atoms. The Balaban J connectivity index is 1.41. The molecule has 1 aromatic carbocycles. The number of rotatable bonds is 6. The van der Waals surface area contributed by atoms with Crippen LogP contribution in [0.1, 0.15) is 38.5 Å². The molecule has 1 N–H and O–H groups in total. The highest BCUT2D eigenvalue weighted by molar-refractivity contribution is 7.91. The van der Waals surface area contributed by atoms with E-state index in [0.717, 1.165) is 18.8 Å². The molecule has 0 radical (unpaired) electrons. The molecule has 3 rings (SSSR count). The fraction of sp³-hybridized carbons (Fsp3) is 0.600. The standard InChI is InChI=1S/C20H28N2O5S/c23-19(14-27-20(24)13-16-9-12-28(25,26)15-16)21-17-5-7-18(8-6-17)22-10-3-1-2-4-11-22/h5-8,16H,1-4,9-15H2,(H,21,23)/t16-/m1/s1. The van der Waals surface area contributed by atoms with Gasteiger partial charge in [-0.1, -0.05) is 12.8 Å². The van der Waals surface area contributed by atoms with Crippen molar-refractivity contribution < 1.29 is 22.7 Å². The summed E-state index contributed by atoms with van der Waals surface area (Å²) in [6.45, 7) is 1.75. The summed E-state index contributed by atoms with van der Waals surface area (Å²) in [5.41, 5.74) is 1.80. The Labute approximate surface area is 166 Å². The van der Waals surface area contributed by atoms with E-state index in [0.29, 0.717) is 12.1 Å². The second kappa shape index (κ2) is 9.41. The molecule has 2 saturated heterocycles. The fourth-order valence-electron chi connectivity index (χ4n) is 3.76. The zero-order valence-electron chi connectivity index (χ0n) is 16.1. The maximum atomic E-state index is 12.0. The molecule has 0 aromatic heterocycles. The SMILES string of the molecule is O=C(COC(=O)C[C@H]1CCS(=O)(=O)C1)Nc1ccc(N2CCCCCC2)cc1. The van der Waals surface area contributed by atoms with Crippen LogP contribution in [0.15, 0.2) is 24.3 Å². The molecule has 2 aliphatic heterocycles. The first-order valence-electron chi connectivity index (χ1n) is 9.92. The van der Waals surface area contributed by atoms with Crippen molar-refractivity contribution in [2.45, 2.75) is 38.5 Å². The van der Waals surface area contributed by atoms with E-state index in [1.165, 1.54) is 25.7 Å². The molecule has 2 fully saturated rings. The molecule has 0 unspecified atom stereocenters. The van der Waals surface area contributed by atoms with Gasteiger partial charge in [-0.3, -0.25) is 9.59 Å². The molecule has 1 amide bonds. The number of nitrogens with one attached hydrogen (secondary N) is 1. The molecule has 2 heterocycles. The molecule has 0 spiro atoms. The molecular weight excluding hydrogens is 380 g/mol. The van der Waals surface area contributed by atoms with E-state index < -0.39 is 21.7 Å². The predicted octanol–water partition coefficient (Wildman–Crippen LogP) is 2.37. The van der Waals surface area contributed by atoms with Crippen molar-refractivity contribution in [3.05, 3.63) is 24.3 Å². The second-order valence-corrected chi connectivity index (χ2v) is 9.86. The third-order valence-corrected chi connectivity index (χ3v) is 7.11. The maximum absolute atomic E-state index is 12.0. The summed E-state index contributed by atoms with van der Waals surface area (Å²) in [6, 6.07) is 7.69. The zero-order chi connectivity index (χ0) is 20.0. The summed E-state index contributed by atoms with van der Waals surface area (Å²) in [6.07, 6.45) is 5.48. The minimum Gasteiger partial charge on any atom is -0.456 e. The van der Waals surface area contributed by atoms with Gasteiger partial charge >= 0.3 is 5.97 Å². The summed E-state index contributed by atoms with van der Waals surface area (Å²) in [5, 5.41) is 2.72. The third kappa shape index (κ3) is 6.22. The topological polar surface area (TPSA) is 92.8 Å². The molecule has 7 nitrogen and oxygen atoms in total. The van der Waals surface area contributed by atoms with E-state index in [9.17, 15) is 18.0 Å². The number of sulfone groups is 1. The number of ether oxygens (including phenoxy) is 1. The third-order valence-electron chi connectivity index (χ3n) is 5.27. The molecular formula is C20H28N2O5S. The van der Waals surface area contributed by atoms with Crippen LogP contribution in [0.2, 0.25) is 0 Å². The molecule has 0 saturated carbocycles. The van der Waals surface area contributed by atoms with Gasteiger partial charge in [0.2, 0.25) is 0 Å². The number of anilines is 2. The predicted molar refractivity (Wildman–Crippen MR) is 108 cm³/mol. The normalized spacial score (nSPS) is 21.7. The average molecular weight is 409 g/mol. The van der Waals surface area contributed by atoms with E-state index in [-0.39, 0.29) is 30.5 Å². The van der Waals surface area contributed by atoms with Crippen LogP contribution in [0.25, 0.3) is 0 Å². The maximum Gasteiger partial charge on any atom is 0.306 e. The lowest BCUT2D eigenvalue weighted by molar-refractivity contribution is -0.148. The van der Waals surface area contributed by atoms with Crippen LogP contribution in [-0.4, -0.2) is 51.5 Å². The molecule has 1 atom stereocenters. The highest BCUT2D eigenvalue weighted by atomic mass is 32.2. The van der Waals surface area contributed by atoms with Crippen LogP contribution in [0.5, 0.6) is 0 Å². The van der Waals surface area contributed by atoms with Gasteiger partial charge in [0.05, 0.1) is 11.5 Å². The van der Waals surface area contributed by atoms with E-state index in [1.54, 1.807) is 0 Å². The van der Waals surface area contributed by atoms with Crippen molar-refractivity contribution in [1.29, 1.82) is 0 Å². The van der Waals surface area contributed by atoms with Gasteiger partial charge in [0, 0.05) is 30.9 Å². The number of carbonyl (C=O) groups excluding carboxylic acids is 2. The van der Waals surface area contributed by atoms with Crippen LogP contribution in [0.4, 0.5) is 11.4 Å². The van der Waals surface area contributed by atoms with Gasteiger partial charge in [-0.05, 0) is 49.4 Å². The van der Waals surface area contributed by atoms with Crippen LogP contribution < -0.4 is 10.2 Å². The molecule has 2 aliphatic rings. The summed E-state index contributed by atoms with van der Waals surface area (Å²) < 4.78 is 27.8. The van der Waals surface area contributed by atoms with Crippen LogP contribution in [0, 0.1) is 5.92 Å². The number of benzene rings is 1. The first-order chi connectivity index (χ1) is 13.4. The van der Waals surface area contributed by atoms with Crippen molar-refractivity contribution in [3.63, 3.8) is 0 Å². The van der Waals surface area contributed by atoms with Gasteiger partial charge in [-0.15, -0.1) is 0 Å². The number of hydrogen-bond acceptors (Lipinski definition) is 6. The Kier molecular flexibility index (Phi) is 6.93. The van der Waals surface area contributed by atoms with E-state index in [4.69, 9.17) is 4.74 Å². The monoisotopic (exact) mass is 408 g/mol. The highest BCUT2D eigenvalue weighted by Gasteiger charge is 2.30. The summed E-state index contributed by atoms with van der Waals surface area (Å²) in [7, 11) is -3.02. The number of carbonyl (C=O) groups is 2. The quantitative estimate of drug-likeness (QED) is 0.727. The lowest BCUT2D eigenvalue weighted by atomic mass is 10.1. The van der Waals surface area contributed by atoms with Gasteiger partial charge in [-0.25, -0.2) is 8.42 Å². The molecule has 0 aliphatic carbocycles. The summed E-state index contributed by atoms with van der Waals surface area (Å²) in [5.74, 6) is -0.993. The van der Waals surface area contributed by atoms with E-state index in [1.807, 2.05) is 24.3 Å². The smallest absolute Gasteiger partial charge is 0.306 e. The van der Waals surface area contributed by atoms with Gasteiger partial charge < -0.3 is 15.0 Å². The minimum atomic E-state index is -3.02. The average Bonchev–Trinajstić information content (AvgIpc) is 2.86. The number of esters is 1. The first kappa shape index (κ1) is 20.6. The second-order valence-electron chi connectivity index (χ2n) is 7.63.